The topological polar surface area (TPSA) is 96.0 Å². The number of aryl methyl sites for hydroxylation is 1. The number of methoxy groups -OCH3 is 1. The number of benzene rings is 3. The van der Waals surface area contributed by atoms with E-state index in [1.54, 1.807) is 43.3 Å². The van der Waals surface area contributed by atoms with E-state index in [0.29, 0.717) is 24.4 Å². The summed E-state index contributed by atoms with van der Waals surface area (Å²) in [7, 11) is -2.59. The Hall–Kier alpha value is -3.85. The Bertz CT molecular complexity index is 1360. The van der Waals surface area contributed by atoms with Gasteiger partial charge >= 0.3 is 0 Å². The number of carbonyl (C=O) groups is 2. The number of ether oxygens (including phenoxy) is 1. The SMILES string of the molecule is COc1ccc(N(CC(=O)N(CCc2ccccc2)[C@@H](C)C(=O)NCC(C)C)S(=O)(=O)c2ccc(C)cc2)cc1. The molecule has 3 rings (SSSR count). The van der Waals surface area contributed by atoms with E-state index >= 15 is 0 Å². The maximum absolute atomic E-state index is 13.9. The van der Waals surface area contributed by atoms with Gasteiger partial charge in [0.2, 0.25) is 11.8 Å². The van der Waals surface area contributed by atoms with Gasteiger partial charge < -0.3 is 15.0 Å². The molecule has 0 aromatic heterocycles. The molecule has 9 heteroatoms. The second-order valence-corrected chi connectivity index (χ2v) is 12.0. The molecule has 3 aromatic carbocycles. The molecule has 2 amide bonds. The molecule has 0 heterocycles. The van der Waals surface area contributed by atoms with Crippen LogP contribution in [0.3, 0.4) is 0 Å². The Morgan fingerprint density at radius 3 is 2.10 bits per heavy atom. The van der Waals surface area contributed by atoms with Gasteiger partial charge in [0.1, 0.15) is 18.3 Å². The second-order valence-electron chi connectivity index (χ2n) is 10.2. The second kappa shape index (κ2) is 14.0. The van der Waals surface area contributed by atoms with Gasteiger partial charge in [-0.1, -0.05) is 61.9 Å². The molecule has 0 bridgehead atoms. The van der Waals surface area contributed by atoms with Gasteiger partial charge in [0.05, 0.1) is 17.7 Å². The summed E-state index contributed by atoms with van der Waals surface area (Å²) < 4.78 is 34.1. The lowest BCUT2D eigenvalue weighted by Gasteiger charge is -2.32. The number of hydrogen-bond acceptors (Lipinski definition) is 5. The van der Waals surface area contributed by atoms with Crippen molar-refractivity contribution >= 4 is 27.5 Å². The molecule has 40 heavy (non-hydrogen) atoms. The standard InChI is InChI=1S/C31H39N3O5S/c1-23(2)21-32-31(36)25(4)33(20-19-26-9-7-6-8-10-26)30(35)22-34(27-13-15-28(39-5)16-14-27)40(37,38)29-17-11-24(3)12-18-29/h6-18,23,25H,19-22H2,1-5H3,(H,32,36)/t25-/m0/s1. The van der Waals surface area contributed by atoms with Gasteiger partial charge in [0, 0.05) is 13.1 Å². The monoisotopic (exact) mass is 565 g/mol. The predicted octanol–water partition coefficient (Wildman–Crippen LogP) is 4.43. The van der Waals surface area contributed by atoms with Crippen molar-refractivity contribution in [2.75, 3.05) is 31.0 Å². The van der Waals surface area contributed by atoms with Crippen LogP contribution in [0.25, 0.3) is 0 Å². The van der Waals surface area contributed by atoms with Crippen LogP contribution >= 0.6 is 0 Å². The molecule has 8 nitrogen and oxygen atoms in total. The van der Waals surface area contributed by atoms with Crippen molar-refractivity contribution in [2.45, 2.75) is 45.1 Å². The normalized spacial score (nSPS) is 12.1. The van der Waals surface area contributed by atoms with Crippen molar-refractivity contribution in [3.05, 3.63) is 90.0 Å². The Morgan fingerprint density at radius 1 is 0.900 bits per heavy atom. The van der Waals surface area contributed by atoms with Crippen LogP contribution in [-0.4, -0.2) is 57.9 Å². The number of rotatable bonds is 13. The summed E-state index contributed by atoms with van der Waals surface area (Å²) in [4.78, 5) is 28.5. The first-order valence-electron chi connectivity index (χ1n) is 13.4. The van der Waals surface area contributed by atoms with Crippen molar-refractivity contribution in [1.29, 1.82) is 0 Å². The van der Waals surface area contributed by atoms with Crippen LogP contribution in [0, 0.1) is 12.8 Å². The van der Waals surface area contributed by atoms with Crippen LogP contribution in [0.15, 0.2) is 83.8 Å². The minimum absolute atomic E-state index is 0.0697. The number of hydrogen-bond donors (Lipinski definition) is 1. The zero-order chi connectivity index (χ0) is 29.3. The number of nitrogens with zero attached hydrogens (tertiary/aromatic N) is 2. The molecule has 1 atom stereocenters. The zero-order valence-corrected chi connectivity index (χ0v) is 24.6. The molecular formula is C31H39N3O5S. The smallest absolute Gasteiger partial charge is 0.264 e. The highest BCUT2D eigenvalue weighted by molar-refractivity contribution is 7.92. The molecule has 3 aromatic rings. The van der Waals surface area contributed by atoms with Gasteiger partial charge in [-0.15, -0.1) is 0 Å². The maximum Gasteiger partial charge on any atom is 0.264 e. The van der Waals surface area contributed by atoms with Crippen molar-refractivity contribution in [3.8, 4) is 5.75 Å². The molecular weight excluding hydrogens is 526 g/mol. The predicted molar refractivity (Wildman–Crippen MR) is 158 cm³/mol. The summed E-state index contributed by atoms with van der Waals surface area (Å²) in [6, 6.07) is 21.8. The fraction of sp³-hybridized carbons (Fsp3) is 0.355. The quantitative estimate of drug-likeness (QED) is 0.331. The third-order valence-corrected chi connectivity index (χ3v) is 8.37. The number of nitrogens with one attached hydrogen (secondary N) is 1. The summed E-state index contributed by atoms with van der Waals surface area (Å²) in [5, 5.41) is 2.90. The first-order valence-corrected chi connectivity index (χ1v) is 14.8. The van der Waals surface area contributed by atoms with Crippen LogP contribution in [0.1, 0.15) is 31.9 Å². The van der Waals surface area contributed by atoms with E-state index in [0.717, 1.165) is 15.4 Å². The average Bonchev–Trinajstić information content (AvgIpc) is 2.95. The molecule has 0 saturated carbocycles. The van der Waals surface area contributed by atoms with Gasteiger partial charge in [-0.2, -0.15) is 0 Å². The van der Waals surface area contributed by atoms with E-state index in [1.807, 2.05) is 51.1 Å². The molecule has 0 unspecified atom stereocenters. The molecule has 1 N–H and O–H groups in total. The highest BCUT2D eigenvalue weighted by atomic mass is 32.2. The lowest BCUT2D eigenvalue weighted by molar-refractivity contribution is -0.138. The van der Waals surface area contributed by atoms with E-state index in [9.17, 15) is 18.0 Å². The maximum atomic E-state index is 13.9. The van der Waals surface area contributed by atoms with Gasteiger partial charge in [0.15, 0.2) is 0 Å². The van der Waals surface area contributed by atoms with Crippen LogP contribution in [0.2, 0.25) is 0 Å². The third kappa shape index (κ3) is 8.08. The number of carbonyl (C=O) groups excluding carboxylic acids is 2. The summed E-state index contributed by atoms with van der Waals surface area (Å²) in [5.41, 5.74) is 2.24. The summed E-state index contributed by atoms with van der Waals surface area (Å²) in [6.07, 6.45) is 0.516. The van der Waals surface area contributed by atoms with Crippen LogP contribution in [-0.2, 0) is 26.0 Å². The van der Waals surface area contributed by atoms with Gasteiger partial charge in [-0.25, -0.2) is 8.42 Å². The minimum Gasteiger partial charge on any atom is -0.497 e. The lowest BCUT2D eigenvalue weighted by Crippen LogP contribution is -2.52. The van der Waals surface area contributed by atoms with Crippen LogP contribution < -0.4 is 14.4 Å². The van der Waals surface area contributed by atoms with E-state index in [-0.39, 0.29) is 23.3 Å². The first kappa shape index (κ1) is 30.7. The van der Waals surface area contributed by atoms with Crippen LogP contribution in [0.5, 0.6) is 5.75 Å². The third-order valence-electron chi connectivity index (χ3n) is 6.58. The largest absolute Gasteiger partial charge is 0.497 e. The molecule has 0 aliphatic heterocycles. The average molecular weight is 566 g/mol. The molecule has 0 fully saturated rings. The molecule has 0 aliphatic rings. The Balaban J connectivity index is 1.96. The number of amides is 2. The van der Waals surface area contributed by atoms with E-state index in [1.165, 1.54) is 24.1 Å². The van der Waals surface area contributed by atoms with Crippen LogP contribution in [0.4, 0.5) is 5.69 Å². The van der Waals surface area contributed by atoms with E-state index in [4.69, 9.17) is 4.74 Å². The summed E-state index contributed by atoms with van der Waals surface area (Å²) in [6.45, 7) is 7.78. The Kier molecular flexibility index (Phi) is 10.7. The molecule has 0 radical (unpaired) electrons. The van der Waals surface area contributed by atoms with Crippen molar-refractivity contribution in [3.63, 3.8) is 0 Å². The fourth-order valence-electron chi connectivity index (χ4n) is 4.14. The summed E-state index contributed by atoms with van der Waals surface area (Å²) in [5.74, 6) is 0.0414. The number of anilines is 1. The molecule has 0 aliphatic carbocycles. The fourth-order valence-corrected chi connectivity index (χ4v) is 5.55. The van der Waals surface area contributed by atoms with Gasteiger partial charge in [-0.3, -0.25) is 13.9 Å². The lowest BCUT2D eigenvalue weighted by atomic mass is 10.1. The van der Waals surface area contributed by atoms with Crippen molar-refractivity contribution < 1.29 is 22.7 Å². The molecule has 0 saturated heterocycles. The highest BCUT2D eigenvalue weighted by Gasteiger charge is 2.32. The first-order chi connectivity index (χ1) is 19.0. The Labute approximate surface area is 238 Å². The minimum atomic E-state index is -4.11. The Morgan fingerprint density at radius 2 is 1.52 bits per heavy atom. The van der Waals surface area contributed by atoms with Crippen molar-refractivity contribution in [2.24, 2.45) is 5.92 Å². The van der Waals surface area contributed by atoms with Gasteiger partial charge in [-0.05, 0) is 68.1 Å². The van der Waals surface area contributed by atoms with E-state index < -0.39 is 28.5 Å². The zero-order valence-electron chi connectivity index (χ0n) is 23.8. The van der Waals surface area contributed by atoms with Gasteiger partial charge in [0.25, 0.3) is 10.0 Å². The number of sulfonamides is 1. The highest BCUT2D eigenvalue weighted by Crippen LogP contribution is 2.26. The molecule has 0 spiro atoms. The molecule has 214 valence electrons. The van der Waals surface area contributed by atoms with E-state index in [2.05, 4.69) is 5.32 Å². The van der Waals surface area contributed by atoms with Crippen molar-refractivity contribution in [1.82, 2.24) is 10.2 Å². The summed E-state index contributed by atoms with van der Waals surface area (Å²) >= 11 is 0.